The Kier molecular flexibility index (Phi) is 3.34. The molecule has 1 saturated carbocycles. The molecule has 96 valence electrons. The fourth-order valence-corrected chi connectivity index (χ4v) is 3.03. The zero-order chi connectivity index (χ0) is 11.7. The first kappa shape index (κ1) is 11.5. The summed E-state index contributed by atoms with van der Waals surface area (Å²) in [7, 11) is 0. The fourth-order valence-electron chi connectivity index (χ4n) is 3.03. The average molecular weight is 238 g/mol. The van der Waals surface area contributed by atoms with Crippen molar-refractivity contribution in [1.82, 2.24) is 10.6 Å². The molecule has 0 spiro atoms. The van der Waals surface area contributed by atoms with Crippen molar-refractivity contribution >= 4 is 5.91 Å². The van der Waals surface area contributed by atoms with Crippen LogP contribution in [0.2, 0.25) is 0 Å². The molecule has 3 rings (SSSR count). The molecule has 3 aliphatic rings. The van der Waals surface area contributed by atoms with Gasteiger partial charge in [0.2, 0.25) is 5.91 Å². The minimum absolute atomic E-state index is 0.171. The number of rotatable bonds is 3. The van der Waals surface area contributed by atoms with Gasteiger partial charge in [0.1, 0.15) is 0 Å². The van der Waals surface area contributed by atoms with Gasteiger partial charge in [-0.1, -0.05) is 0 Å². The van der Waals surface area contributed by atoms with Crippen LogP contribution in [0.4, 0.5) is 0 Å². The molecule has 0 radical (unpaired) electrons. The van der Waals surface area contributed by atoms with Gasteiger partial charge in [-0.05, 0) is 44.6 Å². The lowest BCUT2D eigenvalue weighted by atomic mass is 9.97. The van der Waals surface area contributed by atoms with Crippen LogP contribution in [0.5, 0.6) is 0 Å². The first-order valence-electron chi connectivity index (χ1n) is 6.97. The van der Waals surface area contributed by atoms with Gasteiger partial charge in [0.25, 0.3) is 0 Å². The van der Waals surface area contributed by atoms with Crippen LogP contribution in [0, 0.1) is 11.8 Å². The number of ether oxygens (including phenoxy) is 1. The maximum absolute atomic E-state index is 12.1. The molecule has 0 aromatic rings. The molecule has 3 atom stereocenters. The summed E-state index contributed by atoms with van der Waals surface area (Å²) in [5.41, 5.74) is 0. The SMILES string of the molecule is O=C(NC1CCOC1C1CC1)C1CCCNC1. The fraction of sp³-hybridized carbons (Fsp3) is 0.923. The van der Waals surface area contributed by atoms with Crippen molar-refractivity contribution in [3.63, 3.8) is 0 Å². The molecule has 2 saturated heterocycles. The average Bonchev–Trinajstić information content (AvgIpc) is 3.11. The highest BCUT2D eigenvalue weighted by molar-refractivity contribution is 5.79. The monoisotopic (exact) mass is 238 g/mol. The molecule has 4 heteroatoms. The lowest BCUT2D eigenvalue weighted by Gasteiger charge is -2.25. The molecule has 0 aromatic carbocycles. The zero-order valence-corrected chi connectivity index (χ0v) is 10.3. The lowest BCUT2D eigenvalue weighted by molar-refractivity contribution is -0.126. The Morgan fingerprint density at radius 2 is 2.12 bits per heavy atom. The minimum atomic E-state index is 0.171. The van der Waals surface area contributed by atoms with E-state index in [1.165, 1.54) is 12.8 Å². The highest BCUT2D eigenvalue weighted by atomic mass is 16.5. The van der Waals surface area contributed by atoms with Crippen LogP contribution in [-0.4, -0.2) is 37.7 Å². The number of piperidine rings is 1. The standard InChI is InChI=1S/C13H22N2O2/c16-13(10-2-1-6-14-8-10)15-11-5-7-17-12(11)9-3-4-9/h9-12,14H,1-8H2,(H,15,16). The smallest absolute Gasteiger partial charge is 0.224 e. The Morgan fingerprint density at radius 3 is 2.82 bits per heavy atom. The van der Waals surface area contributed by atoms with Crippen LogP contribution in [0.25, 0.3) is 0 Å². The van der Waals surface area contributed by atoms with E-state index in [0.717, 1.165) is 39.0 Å². The van der Waals surface area contributed by atoms with E-state index >= 15 is 0 Å². The van der Waals surface area contributed by atoms with Crippen molar-refractivity contribution in [2.75, 3.05) is 19.7 Å². The number of carbonyl (C=O) groups is 1. The first-order chi connectivity index (χ1) is 8.34. The number of carbonyl (C=O) groups excluding carboxylic acids is 1. The van der Waals surface area contributed by atoms with Crippen molar-refractivity contribution in [3.8, 4) is 0 Å². The van der Waals surface area contributed by atoms with Gasteiger partial charge in [-0.2, -0.15) is 0 Å². The first-order valence-corrected chi connectivity index (χ1v) is 6.97. The summed E-state index contributed by atoms with van der Waals surface area (Å²) in [6.07, 6.45) is 6.00. The van der Waals surface area contributed by atoms with Crippen molar-refractivity contribution in [1.29, 1.82) is 0 Å². The summed E-state index contributed by atoms with van der Waals surface area (Å²) >= 11 is 0. The van der Waals surface area contributed by atoms with Crippen molar-refractivity contribution in [2.45, 2.75) is 44.2 Å². The van der Waals surface area contributed by atoms with Crippen molar-refractivity contribution in [3.05, 3.63) is 0 Å². The largest absolute Gasteiger partial charge is 0.376 e. The summed E-state index contributed by atoms with van der Waals surface area (Å²) in [5.74, 6) is 1.12. The second-order valence-electron chi connectivity index (χ2n) is 5.62. The molecule has 0 aromatic heterocycles. The minimum Gasteiger partial charge on any atom is -0.376 e. The molecule has 0 bridgehead atoms. The van der Waals surface area contributed by atoms with E-state index in [1.807, 2.05) is 0 Å². The number of hydrogen-bond acceptors (Lipinski definition) is 3. The number of nitrogens with one attached hydrogen (secondary N) is 2. The molecule has 2 heterocycles. The maximum atomic E-state index is 12.1. The van der Waals surface area contributed by atoms with E-state index < -0.39 is 0 Å². The Morgan fingerprint density at radius 1 is 1.24 bits per heavy atom. The van der Waals surface area contributed by atoms with E-state index in [2.05, 4.69) is 10.6 Å². The second-order valence-corrected chi connectivity index (χ2v) is 5.62. The molecule has 3 unspecified atom stereocenters. The third-order valence-corrected chi connectivity index (χ3v) is 4.22. The third kappa shape index (κ3) is 2.63. The topological polar surface area (TPSA) is 50.4 Å². The quantitative estimate of drug-likeness (QED) is 0.760. The van der Waals surface area contributed by atoms with Gasteiger partial charge in [0.15, 0.2) is 0 Å². The van der Waals surface area contributed by atoms with Crippen LogP contribution in [0.1, 0.15) is 32.1 Å². The van der Waals surface area contributed by atoms with Gasteiger partial charge in [0, 0.05) is 13.2 Å². The van der Waals surface area contributed by atoms with E-state index in [9.17, 15) is 4.79 Å². The summed E-state index contributed by atoms with van der Waals surface area (Å²) in [4.78, 5) is 12.1. The van der Waals surface area contributed by atoms with E-state index in [0.29, 0.717) is 12.0 Å². The van der Waals surface area contributed by atoms with E-state index in [4.69, 9.17) is 4.74 Å². The Balaban J connectivity index is 1.52. The molecule has 1 aliphatic carbocycles. The molecule has 4 nitrogen and oxygen atoms in total. The molecule has 17 heavy (non-hydrogen) atoms. The Hall–Kier alpha value is -0.610. The molecule has 2 aliphatic heterocycles. The van der Waals surface area contributed by atoms with Crippen molar-refractivity contribution < 1.29 is 9.53 Å². The van der Waals surface area contributed by atoms with Crippen molar-refractivity contribution in [2.24, 2.45) is 11.8 Å². The highest BCUT2D eigenvalue weighted by Crippen LogP contribution is 2.38. The highest BCUT2D eigenvalue weighted by Gasteiger charge is 2.41. The summed E-state index contributed by atoms with van der Waals surface area (Å²) < 4.78 is 5.75. The Labute approximate surface area is 102 Å². The van der Waals surface area contributed by atoms with E-state index in [-0.39, 0.29) is 17.9 Å². The van der Waals surface area contributed by atoms with Crippen LogP contribution in [0.3, 0.4) is 0 Å². The van der Waals surface area contributed by atoms with Gasteiger partial charge in [-0.3, -0.25) is 4.79 Å². The predicted octanol–water partition coefficient (Wildman–Crippen LogP) is 0.670. The van der Waals surface area contributed by atoms with Crippen LogP contribution < -0.4 is 10.6 Å². The van der Waals surface area contributed by atoms with Gasteiger partial charge >= 0.3 is 0 Å². The van der Waals surface area contributed by atoms with Crippen LogP contribution in [-0.2, 0) is 9.53 Å². The normalized spacial score (nSPS) is 38.0. The Bertz CT molecular complexity index is 285. The molecule has 1 amide bonds. The van der Waals surface area contributed by atoms with Crippen LogP contribution >= 0.6 is 0 Å². The third-order valence-electron chi connectivity index (χ3n) is 4.22. The molecular weight excluding hydrogens is 216 g/mol. The molecule has 3 fully saturated rings. The summed E-state index contributed by atoms with van der Waals surface area (Å²) in [6.45, 7) is 2.71. The summed E-state index contributed by atoms with van der Waals surface area (Å²) in [6, 6.07) is 0.275. The van der Waals surface area contributed by atoms with Gasteiger partial charge in [-0.15, -0.1) is 0 Å². The van der Waals surface area contributed by atoms with Gasteiger partial charge in [-0.25, -0.2) is 0 Å². The van der Waals surface area contributed by atoms with Gasteiger partial charge in [0.05, 0.1) is 18.1 Å². The second kappa shape index (κ2) is 4.94. The number of hydrogen-bond donors (Lipinski definition) is 2. The lowest BCUT2D eigenvalue weighted by Crippen LogP contribution is -2.47. The predicted molar refractivity (Wildman–Crippen MR) is 64.6 cm³/mol. The molecular formula is C13H22N2O2. The summed E-state index contributed by atoms with van der Waals surface area (Å²) in [5, 5.41) is 6.51. The molecule has 2 N–H and O–H groups in total. The zero-order valence-electron chi connectivity index (χ0n) is 10.3. The maximum Gasteiger partial charge on any atom is 0.224 e. The van der Waals surface area contributed by atoms with Crippen LogP contribution in [0.15, 0.2) is 0 Å². The number of amides is 1. The van der Waals surface area contributed by atoms with Gasteiger partial charge < -0.3 is 15.4 Å². The van der Waals surface area contributed by atoms with E-state index in [1.54, 1.807) is 0 Å².